The minimum absolute atomic E-state index is 0. The van der Waals surface area contributed by atoms with Crippen LogP contribution in [0, 0.1) is 6.92 Å². The number of rotatable bonds is 2. The molecule has 0 aliphatic rings. The summed E-state index contributed by atoms with van der Waals surface area (Å²) in [5.74, 6) is -0.879. The van der Waals surface area contributed by atoms with Gasteiger partial charge in [-0.3, -0.25) is 0 Å². The molecule has 0 amide bonds. The maximum Gasteiger partial charge on any atom is 2.00 e. The summed E-state index contributed by atoms with van der Waals surface area (Å²) in [5.41, 5.74) is 2.85. The van der Waals surface area contributed by atoms with E-state index in [2.05, 4.69) is 31.7 Å². The molecule has 120 valence electrons. The Bertz CT molecular complexity index is 635. The molecule has 0 aliphatic heterocycles. The summed E-state index contributed by atoms with van der Waals surface area (Å²) in [4.78, 5) is 10.2. The molecule has 3 heteroatoms. The van der Waals surface area contributed by atoms with Crippen molar-refractivity contribution in [2.24, 2.45) is 0 Å². The molecule has 3 aromatic carbocycles. The summed E-state index contributed by atoms with van der Waals surface area (Å²) in [6.45, 7) is 5.72. The molecule has 0 fully saturated rings. The van der Waals surface area contributed by atoms with E-state index in [4.69, 9.17) is 5.11 Å². The second-order valence-corrected chi connectivity index (χ2v) is 4.56. The van der Waals surface area contributed by atoms with Crippen LogP contribution in [0.15, 0.2) is 85.4 Å². The van der Waals surface area contributed by atoms with Gasteiger partial charge in [-0.25, -0.2) is 23.0 Å². The van der Waals surface area contributed by atoms with Gasteiger partial charge in [0.05, 0.1) is 5.56 Å². The van der Waals surface area contributed by atoms with Gasteiger partial charge in [-0.1, -0.05) is 25.1 Å². The second-order valence-electron chi connectivity index (χ2n) is 4.56. The topological polar surface area (TPSA) is 37.3 Å². The van der Waals surface area contributed by atoms with Crippen molar-refractivity contribution in [1.82, 2.24) is 0 Å². The van der Waals surface area contributed by atoms with Gasteiger partial charge in [-0.05, 0) is 12.1 Å². The van der Waals surface area contributed by atoms with E-state index < -0.39 is 5.97 Å². The van der Waals surface area contributed by atoms with Crippen molar-refractivity contribution in [2.45, 2.75) is 6.92 Å². The molecule has 0 atom stereocenters. The predicted octanol–water partition coefficient (Wildman–Crippen LogP) is 5.14. The van der Waals surface area contributed by atoms with Crippen LogP contribution in [0.1, 0.15) is 21.5 Å². The van der Waals surface area contributed by atoms with Crippen LogP contribution in [0.25, 0.3) is 6.08 Å². The molecule has 3 aromatic rings. The maximum absolute atomic E-state index is 10.2. The SMILES string of the molecule is C=Cc1c[cH-]c(C)c1.O=C(O)c1ccccc1.[Fe+2].c1cc[cH-]c1. The van der Waals surface area contributed by atoms with Crippen molar-refractivity contribution >= 4 is 12.0 Å². The Morgan fingerprint density at radius 2 is 1.74 bits per heavy atom. The van der Waals surface area contributed by atoms with Crippen LogP contribution in [0.2, 0.25) is 0 Å². The van der Waals surface area contributed by atoms with Crippen LogP contribution < -0.4 is 0 Å². The maximum atomic E-state index is 10.2. The zero-order chi connectivity index (χ0) is 16.2. The first-order chi connectivity index (χ1) is 10.6. The molecule has 0 radical (unpaired) electrons. The summed E-state index contributed by atoms with van der Waals surface area (Å²) in [7, 11) is 0. The van der Waals surface area contributed by atoms with E-state index in [0.29, 0.717) is 5.56 Å². The van der Waals surface area contributed by atoms with Gasteiger partial charge in [-0.2, -0.15) is 41.5 Å². The van der Waals surface area contributed by atoms with Crippen molar-refractivity contribution in [2.75, 3.05) is 0 Å². The number of carboxylic acid groups (broad SMARTS) is 1. The molecule has 0 aromatic heterocycles. The van der Waals surface area contributed by atoms with Crippen LogP contribution in [-0.2, 0) is 17.1 Å². The largest absolute Gasteiger partial charge is 2.00 e. The second kappa shape index (κ2) is 12.2. The van der Waals surface area contributed by atoms with Gasteiger partial charge >= 0.3 is 23.0 Å². The summed E-state index contributed by atoms with van der Waals surface area (Å²) < 4.78 is 0. The number of aromatic carboxylic acids is 1. The molecule has 3 rings (SSSR count). The average Bonchev–Trinajstić information content (AvgIpc) is 3.23. The minimum Gasteiger partial charge on any atom is -0.478 e. The third-order valence-corrected chi connectivity index (χ3v) is 2.75. The van der Waals surface area contributed by atoms with Crippen LogP contribution in [0.4, 0.5) is 0 Å². The van der Waals surface area contributed by atoms with Crippen LogP contribution in [0.3, 0.4) is 0 Å². The Morgan fingerprint density at radius 1 is 1.13 bits per heavy atom. The number of carbonyl (C=O) groups is 1. The molecular formula is C20H20FeO2. The summed E-state index contributed by atoms with van der Waals surface area (Å²) in [6.07, 6.45) is 1.85. The Morgan fingerprint density at radius 3 is 2.00 bits per heavy atom. The van der Waals surface area contributed by atoms with Crippen molar-refractivity contribution in [3.8, 4) is 0 Å². The molecule has 0 saturated carbocycles. The van der Waals surface area contributed by atoms with E-state index in [0.717, 1.165) is 0 Å². The van der Waals surface area contributed by atoms with Gasteiger partial charge < -0.3 is 5.11 Å². The summed E-state index contributed by atoms with van der Waals surface area (Å²) >= 11 is 0. The van der Waals surface area contributed by atoms with E-state index >= 15 is 0 Å². The first-order valence-corrected chi connectivity index (χ1v) is 6.94. The molecule has 2 nitrogen and oxygen atoms in total. The number of hydrogen-bond acceptors (Lipinski definition) is 1. The van der Waals surface area contributed by atoms with Gasteiger partial charge in [-0.15, -0.1) is 12.7 Å². The van der Waals surface area contributed by atoms with E-state index in [1.165, 1.54) is 11.1 Å². The number of aryl methyl sites for hydroxylation is 1. The summed E-state index contributed by atoms with van der Waals surface area (Å²) in [6, 6.07) is 24.5. The van der Waals surface area contributed by atoms with E-state index in [9.17, 15) is 4.79 Å². The molecule has 0 aliphatic carbocycles. The Kier molecular flexibility index (Phi) is 11.0. The van der Waals surface area contributed by atoms with Gasteiger partial charge in [0.25, 0.3) is 0 Å². The summed E-state index contributed by atoms with van der Waals surface area (Å²) in [5, 5.41) is 8.38. The molecular weight excluding hydrogens is 328 g/mol. The van der Waals surface area contributed by atoms with Crippen molar-refractivity contribution in [1.29, 1.82) is 0 Å². The first-order valence-electron chi connectivity index (χ1n) is 6.94. The molecule has 0 bridgehead atoms. The zero-order valence-electron chi connectivity index (χ0n) is 13.0. The Balaban J connectivity index is 0.000000320. The van der Waals surface area contributed by atoms with Crippen LogP contribution in [0.5, 0.6) is 0 Å². The van der Waals surface area contributed by atoms with Gasteiger partial charge in [0.1, 0.15) is 0 Å². The molecule has 0 unspecified atom stereocenters. The first kappa shape index (κ1) is 20.6. The van der Waals surface area contributed by atoms with Crippen molar-refractivity contribution in [3.63, 3.8) is 0 Å². The normalized spacial score (nSPS) is 8.39. The minimum atomic E-state index is -0.879. The number of benzene rings is 1. The predicted molar refractivity (Wildman–Crippen MR) is 92.3 cm³/mol. The fraction of sp³-hybridized carbons (Fsp3) is 0.0500. The van der Waals surface area contributed by atoms with Crippen molar-refractivity contribution in [3.05, 3.63) is 102 Å². The Hall–Kier alpha value is -2.35. The average molecular weight is 348 g/mol. The van der Waals surface area contributed by atoms with Gasteiger partial charge in [0.15, 0.2) is 0 Å². The third-order valence-electron chi connectivity index (χ3n) is 2.75. The smallest absolute Gasteiger partial charge is 0.478 e. The van der Waals surface area contributed by atoms with E-state index in [1.807, 2.05) is 36.4 Å². The fourth-order valence-electron chi connectivity index (χ4n) is 1.62. The molecule has 23 heavy (non-hydrogen) atoms. The van der Waals surface area contributed by atoms with Crippen LogP contribution in [-0.4, -0.2) is 11.1 Å². The van der Waals surface area contributed by atoms with Gasteiger partial charge in [0.2, 0.25) is 0 Å². The zero-order valence-corrected chi connectivity index (χ0v) is 14.1. The number of hydrogen-bond donors (Lipinski definition) is 1. The quantitative estimate of drug-likeness (QED) is 0.514. The fourth-order valence-corrected chi connectivity index (χ4v) is 1.62. The van der Waals surface area contributed by atoms with Crippen molar-refractivity contribution < 1.29 is 27.0 Å². The van der Waals surface area contributed by atoms with E-state index in [1.54, 1.807) is 30.3 Å². The van der Waals surface area contributed by atoms with E-state index in [-0.39, 0.29) is 17.1 Å². The number of carboxylic acids is 1. The molecule has 0 spiro atoms. The standard InChI is InChI=1S/C8H9.C7H6O2.C5H5.Fe/c1-3-8-5-4-7(2)6-8;8-7(9)6-4-2-1-3-5-6;1-2-4-5-3-1;/h3-6H,1H2,2H3;1-5H,(H,8,9);1-5H;/q-1;;-1;+2. The van der Waals surface area contributed by atoms with Crippen LogP contribution >= 0.6 is 0 Å². The monoisotopic (exact) mass is 348 g/mol. The molecule has 0 saturated heterocycles. The molecule has 0 heterocycles. The Labute approximate surface area is 148 Å². The van der Waals surface area contributed by atoms with Gasteiger partial charge in [0, 0.05) is 0 Å². The molecule has 1 N–H and O–H groups in total. The third kappa shape index (κ3) is 9.30.